The van der Waals surface area contributed by atoms with Gasteiger partial charge in [0.15, 0.2) is 0 Å². The molecule has 2 aromatic rings. The zero-order valence-corrected chi connectivity index (χ0v) is 18.8. The number of hydrogen-bond acceptors (Lipinski definition) is 4. The van der Waals surface area contributed by atoms with Crippen molar-refractivity contribution >= 4 is 11.9 Å². The summed E-state index contributed by atoms with van der Waals surface area (Å²) in [5.74, 6) is -0.323. The smallest absolute Gasteiger partial charge is 0.335 e. The van der Waals surface area contributed by atoms with E-state index in [1.54, 1.807) is 30.3 Å². The number of carboxylic acid groups (broad SMARTS) is 2. The molecular formula is C26H34O6. The predicted octanol–water partition coefficient (Wildman–Crippen LogP) is 6.71. The fourth-order valence-corrected chi connectivity index (χ4v) is 3.44. The summed E-state index contributed by atoms with van der Waals surface area (Å²) in [6.07, 6.45) is 10.1. The van der Waals surface area contributed by atoms with Crippen LogP contribution in [0.4, 0.5) is 0 Å². The standard InChI is InChI=1S/C26H34O6/c1-2-3-4-5-6-7-8-9-17-31-24-15-14-23(18-20(24)13-16-25(27)28)32-22-12-10-11-21(19-22)26(29)30/h10-12,14-15,18-19H,2-9,13,16-17H2,1H3,(H,27,28)(H,29,30). The van der Waals surface area contributed by atoms with E-state index < -0.39 is 11.9 Å². The van der Waals surface area contributed by atoms with Gasteiger partial charge in [-0.2, -0.15) is 0 Å². The highest BCUT2D eigenvalue weighted by Crippen LogP contribution is 2.29. The van der Waals surface area contributed by atoms with Crippen LogP contribution in [0.5, 0.6) is 17.2 Å². The van der Waals surface area contributed by atoms with Crippen LogP contribution in [0, 0.1) is 0 Å². The van der Waals surface area contributed by atoms with Crippen LogP contribution in [0.15, 0.2) is 42.5 Å². The lowest BCUT2D eigenvalue weighted by atomic mass is 10.1. The van der Waals surface area contributed by atoms with Crippen molar-refractivity contribution in [1.82, 2.24) is 0 Å². The van der Waals surface area contributed by atoms with Crippen LogP contribution in [0.1, 0.15) is 80.6 Å². The minimum atomic E-state index is -1.03. The minimum absolute atomic E-state index is 0.00786. The Labute approximate surface area is 190 Å². The SMILES string of the molecule is CCCCCCCCCCOc1ccc(Oc2cccc(C(=O)O)c2)cc1CCC(=O)O. The van der Waals surface area contributed by atoms with Crippen molar-refractivity contribution in [2.24, 2.45) is 0 Å². The van der Waals surface area contributed by atoms with Crippen molar-refractivity contribution in [1.29, 1.82) is 0 Å². The maximum absolute atomic E-state index is 11.2. The Morgan fingerprint density at radius 3 is 2.22 bits per heavy atom. The van der Waals surface area contributed by atoms with Gasteiger partial charge in [0, 0.05) is 6.42 Å². The van der Waals surface area contributed by atoms with Gasteiger partial charge in [-0.1, -0.05) is 57.9 Å². The number of ether oxygens (including phenoxy) is 2. The monoisotopic (exact) mass is 442 g/mol. The molecular weight excluding hydrogens is 408 g/mol. The highest BCUT2D eigenvalue weighted by Gasteiger charge is 2.10. The highest BCUT2D eigenvalue weighted by atomic mass is 16.5. The lowest BCUT2D eigenvalue weighted by molar-refractivity contribution is -0.136. The van der Waals surface area contributed by atoms with Gasteiger partial charge in [0.05, 0.1) is 12.2 Å². The largest absolute Gasteiger partial charge is 0.493 e. The van der Waals surface area contributed by atoms with Crippen LogP contribution < -0.4 is 9.47 Å². The van der Waals surface area contributed by atoms with Gasteiger partial charge in [-0.3, -0.25) is 4.79 Å². The van der Waals surface area contributed by atoms with Crippen LogP contribution in [-0.2, 0) is 11.2 Å². The number of carboxylic acids is 2. The number of unbranched alkanes of at least 4 members (excludes halogenated alkanes) is 7. The topological polar surface area (TPSA) is 93.1 Å². The van der Waals surface area contributed by atoms with E-state index in [-0.39, 0.29) is 12.0 Å². The molecule has 0 saturated heterocycles. The van der Waals surface area contributed by atoms with Gasteiger partial charge in [-0.05, 0) is 54.8 Å². The summed E-state index contributed by atoms with van der Waals surface area (Å²) in [6.45, 7) is 2.81. The van der Waals surface area contributed by atoms with E-state index in [2.05, 4.69) is 6.92 Å². The molecule has 0 aromatic heterocycles. The summed E-state index contributed by atoms with van der Waals surface area (Å²) in [7, 11) is 0. The molecule has 0 saturated carbocycles. The van der Waals surface area contributed by atoms with E-state index in [0.29, 0.717) is 30.3 Å². The van der Waals surface area contributed by atoms with Crippen molar-refractivity contribution in [2.75, 3.05) is 6.61 Å². The first-order valence-electron chi connectivity index (χ1n) is 11.5. The van der Waals surface area contributed by atoms with Crippen LogP contribution in [0.3, 0.4) is 0 Å². The Morgan fingerprint density at radius 1 is 0.844 bits per heavy atom. The number of carbonyl (C=O) groups is 2. The van der Waals surface area contributed by atoms with E-state index in [1.807, 2.05) is 0 Å². The molecule has 0 amide bonds. The van der Waals surface area contributed by atoms with E-state index in [9.17, 15) is 9.59 Å². The molecule has 32 heavy (non-hydrogen) atoms. The summed E-state index contributed by atoms with van der Waals surface area (Å²) in [5, 5.41) is 18.2. The first kappa shape index (κ1) is 25.2. The number of hydrogen-bond donors (Lipinski definition) is 2. The van der Waals surface area contributed by atoms with E-state index in [4.69, 9.17) is 19.7 Å². The second-order valence-corrected chi connectivity index (χ2v) is 7.92. The van der Waals surface area contributed by atoms with Gasteiger partial charge < -0.3 is 19.7 Å². The van der Waals surface area contributed by atoms with Gasteiger partial charge in [0.25, 0.3) is 0 Å². The third-order valence-electron chi connectivity index (χ3n) is 5.21. The van der Waals surface area contributed by atoms with Gasteiger partial charge in [-0.15, -0.1) is 0 Å². The van der Waals surface area contributed by atoms with Gasteiger partial charge in [0.1, 0.15) is 17.2 Å². The van der Waals surface area contributed by atoms with E-state index >= 15 is 0 Å². The van der Waals surface area contributed by atoms with Crippen molar-refractivity contribution in [3.63, 3.8) is 0 Å². The number of rotatable bonds is 16. The molecule has 0 unspecified atom stereocenters. The molecule has 0 heterocycles. The van der Waals surface area contributed by atoms with Gasteiger partial charge in [0.2, 0.25) is 0 Å². The van der Waals surface area contributed by atoms with Crippen LogP contribution >= 0.6 is 0 Å². The maximum Gasteiger partial charge on any atom is 0.335 e. The Morgan fingerprint density at radius 2 is 1.53 bits per heavy atom. The number of aromatic carboxylic acids is 1. The molecule has 6 heteroatoms. The molecule has 0 aliphatic rings. The molecule has 0 bridgehead atoms. The first-order chi connectivity index (χ1) is 15.5. The molecule has 0 aliphatic carbocycles. The van der Waals surface area contributed by atoms with Crippen LogP contribution in [-0.4, -0.2) is 28.8 Å². The van der Waals surface area contributed by atoms with Crippen LogP contribution in [0.2, 0.25) is 0 Å². The highest BCUT2D eigenvalue weighted by molar-refractivity contribution is 5.88. The third kappa shape index (κ3) is 9.41. The fourth-order valence-electron chi connectivity index (χ4n) is 3.44. The molecule has 2 N–H and O–H groups in total. The van der Waals surface area contributed by atoms with Crippen molar-refractivity contribution in [3.05, 3.63) is 53.6 Å². The van der Waals surface area contributed by atoms with Crippen molar-refractivity contribution in [3.8, 4) is 17.2 Å². The molecule has 0 spiro atoms. The zero-order valence-electron chi connectivity index (χ0n) is 18.8. The lowest BCUT2D eigenvalue weighted by Gasteiger charge is -2.14. The van der Waals surface area contributed by atoms with Gasteiger partial charge in [-0.25, -0.2) is 4.79 Å². The molecule has 0 atom stereocenters. The summed E-state index contributed by atoms with van der Waals surface area (Å²) in [5.41, 5.74) is 0.901. The number of aryl methyl sites for hydroxylation is 1. The second kappa shape index (κ2) is 14.1. The van der Waals surface area contributed by atoms with E-state index in [1.165, 1.54) is 50.7 Å². The zero-order chi connectivity index (χ0) is 23.2. The molecule has 6 nitrogen and oxygen atoms in total. The molecule has 0 aliphatic heterocycles. The third-order valence-corrected chi connectivity index (χ3v) is 5.21. The second-order valence-electron chi connectivity index (χ2n) is 7.92. The van der Waals surface area contributed by atoms with E-state index in [0.717, 1.165) is 18.4 Å². The molecule has 174 valence electrons. The van der Waals surface area contributed by atoms with Crippen molar-refractivity contribution < 1.29 is 29.3 Å². The maximum atomic E-state index is 11.2. The summed E-state index contributed by atoms with van der Waals surface area (Å²) >= 11 is 0. The van der Waals surface area contributed by atoms with Crippen molar-refractivity contribution in [2.45, 2.75) is 71.1 Å². The average molecular weight is 443 g/mol. The Hall–Kier alpha value is -3.02. The quantitative estimate of drug-likeness (QED) is 0.281. The molecule has 2 aromatic carbocycles. The number of benzene rings is 2. The Balaban J connectivity index is 1.93. The van der Waals surface area contributed by atoms with Crippen LogP contribution in [0.25, 0.3) is 0 Å². The minimum Gasteiger partial charge on any atom is -0.493 e. The summed E-state index contributed by atoms with van der Waals surface area (Å²) < 4.78 is 11.7. The molecule has 0 fully saturated rings. The fraction of sp³-hybridized carbons (Fsp3) is 0.462. The summed E-state index contributed by atoms with van der Waals surface area (Å²) in [4.78, 5) is 22.2. The molecule has 0 radical (unpaired) electrons. The number of aliphatic carboxylic acids is 1. The Kier molecular flexibility index (Phi) is 11.1. The molecule has 2 rings (SSSR count). The lowest BCUT2D eigenvalue weighted by Crippen LogP contribution is -2.03. The average Bonchev–Trinajstić information content (AvgIpc) is 2.77. The first-order valence-corrected chi connectivity index (χ1v) is 11.5. The van der Waals surface area contributed by atoms with Gasteiger partial charge >= 0.3 is 11.9 Å². The Bertz CT molecular complexity index is 861. The summed E-state index contributed by atoms with van der Waals surface area (Å²) in [6, 6.07) is 11.5. The normalized spacial score (nSPS) is 10.7. The predicted molar refractivity (Wildman–Crippen MR) is 124 cm³/mol.